The topological polar surface area (TPSA) is 84.8 Å². The molecule has 0 radical (unpaired) electrons. The Bertz CT molecular complexity index is 4050. The van der Waals surface area contributed by atoms with Crippen LogP contribution in [0.25, 0.3) is 105 Å². The number of hydrogen-bond acceptors (Lipinski definition) is 6. The van der Waals surface area contributed by atoms with Crippen LogP contribution in [-0.4, -0.2) is 33.6 Å². The van der Waals surface area contributed by atoms with Crippen LogP contribution in [0.4, 0.5) is 0 Å². The van der Waals surface area contributed by atoms with E-state index in [-0.39, 0.29) is 42.1 Å². The monoisotopic (exact) mass is 1250 g/mol. The van der Waals surface area contributed by atoms with E-state index < -0.39 is 0 Å². The summed E-state index contributed by atoms with van der Waals surface area (Å²) in [6.45, 7) is 0. The Morgan fingerprint density at radius 1 is 0.304 bits per heavy atom. The van der Waals surface area contributed by atoms with Crippen LogP contribution in [-0.2, 0) is 42.1 Å². The van der Waals surface area contributed by atoms with Crippen molar-refractivity contribution in [2.24, 2.45) is 0 Å². The van der Waals surface area contributed by atoms with Gasteiger partial charge in [-0.25, -0.2) is 19.9 Å². The summed E-state index contributed by atoms with van der Waals surface area (Å²) in [5.74, 6) is 4.21. The zero-order valence-corrected chi connectivity index (χ0v) is 40.5. The summed E-state index contributed by atoms with van der Waals surface area (Å²) in [4.78, 5) is 19.1. The predicted molar refractivity (Wildman–Crippen MR) is 264 cm³/mol. The van der Waals surface area contributed by atoms with Crippen LogP contribution in [0.2, 0.25) is 0 Å². The van der Waals surface area contributed by atoms with Gasteiger partial charge in [0.25, 0.3) is 0 Å². The quantitative estimate of drug-likeness (QED) is 0.148. The average molecular weight is 1250 g/mol. The first kappa shape index (κ1) is 42.4. The van der Waals surface area contributed by atoms with Gasteiger partial charge in [0.05, 0.1) is 0 Å². The van der Waals surface area contributed by atoms with Gasteiger partial charge in [-0.3, -0.25) is 0 Å². The van der Waals surface area contributed by atoms with Crippen LogP contribution in [0.15, 0.2) is 189 Å². The van der Waals surface area contributed by atoms with Crippen molar-refractivity contribution in [1.29, 1.82) is 0 Å². The molecule has 14 aromatic rings. The first-order valence-electron chi connectivity index (χ1n) is 21.9. The Morgan fingerprint density at radius 2 is 0.667 bits per heavy atom. The smallest absolute Gasteiger partial charge is 0.509 e. The van der Waals surface area contributed by atoms with E-state index >= 15 is 0 Å². The molecule has 0 bridgehead atoms. The van der Waals surface area contributed by atoms with E-state index in [4.69, 9.17) is 19.4 Å². The molecule has 0 saturated heterocycles. The molecule has 8 aromatic carbocycles. The molecule has 0 aliphatic heterocycles. The number of pyridine rings is 2. The molecule has 9 nitrogen and oxygen atoms in total. The number of aromatic nitrogens is 7. The maximum Gasteiger partial charge on any atom is 2.00 e. The van der Waals surface area contributed by atoms with E-state index in [1.54, 1.807) is 18.5 Å². The molecule has 11 heteroatoms. The predicted octanol–water partition coefficient (Wildman–Crippen LogP) is 13.6. The summed E-state index contributed by atoms with van der Waals surface area (Å²) in [5, 5.41) is 10.5. The molecule has 0 saturated carbocycles. The first-order chi connectivity index (χ1) is 33.2. The molecule has 330 valence electrons. The molecule has 69 heavy (non-hydrogen) atoms. The second-order valence-electron chi connectivity index (χ2n) is 16.3. The van der Waals surface area contributed by atoms with Crippen molar-refractivity contribution in [1.82, 2.24) is 33.6 Å². The fourth-order valence-electron chi connectivity index (χ4n) is 9.66. The number of fused-ring (bicyclic) bond motifs is 11. The Morgan fingerprint density at radius 3 is 1.10 bits per heavy atom. The van der Waals surface area contributed by atoms with Crippen molar-refractivity contribution in [3.8, 4) is 40.6 Å². The van der Waals surface area contributed by atoms with Gasteiger partial charge in [0.15, 0.2) is 0 Å². The van der Waals surface area contributed by atoms with E-state index in [1.165, 1.54) is 0 Å². The van der Waals surface area contributed by atoms with E-state index in [2.05, 4.69) is 128 Å². The van der Waals surface area contributed by atoms with Crippen molar-refractivity contribution in [2.75, 3.05) is 0 Å². The average Bonchev–Trinajstić information content (AvgIpc) is 4.00. The maximum atomic E-state index is 6.64. The van der Waals surface area contributed by atoms with Gasteiger partial charge in [0.2, 0.25) is 5.95 Å². The zero-order chi connectivity index (χ0) is 44.0. The SMILES string of the molecule is [Pt+2].[Pt+2].[c-]1c(Oc2[c-]c3c(cc2)c2ccccc2n3-c2nccc3ccccc23)ccc2c3ccc(Oc4[c-]c5c(cc4)c4ccccc4n5-c4nccc5ccccc45)[c-]c3n(-c3ncccn3)c12. The number of ether oxygens (including phenoxy) is 2. The number of nitrogens with zero attached hydrogens (tertiary/aromatic N) is 7. The van der Waals surface area contributed by atoms with Gasteiger partial charge >= 0.3 is 42.1 Å². The molecule has 0 aliphatic rings. The van der Waals surface area contributed by atoms with Crippen molar-refractivity contribution >= 4 is 87.0 Å². The third-order valence-electron chi connectivity index (χ3n) is 12.6. The second kappa shape index (κ2) is 17.0. The summed E-state index contributed by atoms with van der Waals surface area (Å²) in [6, 6.07) is 69.5. The molecule has 0 N–H and O–H groups in total. The third-order valence-corrected chi connectivity index (χ3v) is 12.6. The van der Waals surface area contributed by atoms with Crippen molar-refractivity contribution < 1.29 is 51.6 Å². The Hall–Kier alpha value is -7.96. The molecule has 0 fully saturated rings. The van der Waals surface area contributed by atoms with E-state index in [0.29, 0.717) is 28.9 Å². The Kier molecular flexibility index (Phi) is 10.4. The van der Waals surface area contributed by atoms with Crippen LogP contribution >= 0.6 is 0 Å². The van der Waals surface area contributed by atoms with Crippen molar-refractivity contribution in [3.05, 3.63) is 213 Å². The van der Waals surface area contributed by atoms with Gasteiger partial charge in [-0.1, -0.05) is 107 Å². The fourth-order valence-corrected chi connectivity index (χ4v) is 9.66. The summed E-state index contributed by atoms with van der Waals surface area (Å²) >= 11 is 0. The number of benzene rings is 8. The molecule has 0 aliphatic carbocycles. The minimum Gasteiger partial charge on any atom is -0.509 e. The van der Waals surface area contributed by atoms with Gasteiger partial charge < -0.3 is 23.2 Å². The van der Waals surface area contributed by atoms with E-state index in [0.717, 1.165) is 98.6 Å². The molecule has 14 rings (SSSR count). The zero-order valence-electron chi connectivity index (χ0n) is 36.0. The van der Waals surface area contributed by atoms with E-state index in [9.17, 15) is 0 Å². The molecule has 0 atom stereocenters. The number of hydrogen-bond donors (Lipinski definition) is 0. The van der Waals surface area contributed by atoms with Crippen molar-refractivity contribution in [2.45, 2.75) is 0 Å². The minimum atomic E-state index is 0. The van der Waals surface area contributed by atoms with Gasteiger partial charge in [0.1, 0.15) is 11.6 Å². The molecule has 6 heterocycles. The van der Waals surface area contributed by atoms with Crippen LogP contribution in [0.5, 0.6) is 23.0 Å². The molecule has 0 unspecified atom stereocenters. The van der Waals surface area contributed by atoms with Crippen LogP contribution in [0, 0.1) is 24.3 Å². The maximum absolute atomic E-state index is 6.64. The standard InChI is InChI=1S/C58H31N7O2.2Pt/c1-3-12-42-36(10-1)26-30-59-56(42)63-50-16-7-5-14-44(50)46-22-18-38(32-52(46)63)66-40-20-24-48-49-25-21-41(35-55(49)65(54(48)34-40)58-61-28-9-29-62-58)67-39-19-23-47-45-15-6-8-17-51(45)64(53(47)33-39)57-43-13-4-2-11-37(43)27-31-60-57;;/h1-31H;;/q-4;2*+2. The first-order valence-corrected chi connectivity index (χ1v) is 21.9. The van der Waals surface area contributed by atoms with Crippen molar-refractivity contribution in [3.63, 3.8) is 0 Å². The van der Waals surface area contributed by atoms with Crippen LogP contribution < -0.4 is 9.47 Å². The Balaban J connectivity index is 0.00000246. The largest absolute Gasteiger partial charge is 2.00 e. The van der Waals surface area contributed by atoms with E-state index in [1.807, 2.05) is 89.8 Å². The molecular formula is C58H31N7O2Pt2. The van der Waals surface area contributed by atoms with Gasteiger partial charge in [-0.05, 0) is 51.9 Å². The Labute approximate surface area is 422 Å². The molecular weight excluding hydrogens is 1220 g/mol. The summed E-state index contributed by atoms with van der Waals surface area (Å²) in [7, 11) is 0. The summed E-state index contributed by atoms with van der Waals surface area (Å²) in [5.41, 5.74) is 5.25. The number of rotatable bonds is 7. The van der Waals surface area contributed by atoms with Gasteiger partial charge in [0, 0.05) is 69.6 Å². The molecule has 0 spiro atoms. The molecule has 0 amide bonds. The minimum absolute atomic E-state index is 0. The number of para-hydroxylation sites is 2. The summed E-state index contributed by atoms with van der Waals surface area (Å²) < 4.78 is 19.6. The van der Waals surface area contributed by atoms with Gasteiger partial charge in [-0.2, -0.15) is 35.0 Å². The normalized spacial score (nSPS) is 11.5. The van der Waals surface area contributed by atoms with Crippen LogP contribution in [0.3, 0.4) is 0 Å². The third kappa shape index (κ3) is 6.83. The van der Waals surface area contributed by atoms with Crippen LogP contribution in [0.1, 0.15) is 0 Å². The summed E-state index contributed by atoms with van der Waals surface area (Å²) in [6.07, 6.45) is 7.16. The molecule has 6 aromatic heterocycles. The second-order valence-corrected chi connectivity index (χ2v) is 16.3. The fraction of sp³-hybridized carbons (Fsp3) is 0. The van der Waals surface area contributed by atoms with Gasteiger partial charge in [-0.15, -0.1) is 59.3 Å².